The quantitative estimate of drug-likeness (QED) is 0.339. The van der Waals surface area contributed by atoms with Crippen molar-refractivity contribution in [3.63, 3.8) is 0 Å². The first kappa shape index (κ1) is 22.8. The summed E-state index contributed by atoms with van der Waals surface area (Å²) in [6, 6.07) is 10.4. The number of rotatable bonds is 9. The molecule has 32 heavy (non-hydrogen) atoms. The standard InChI is InChI=1S/C21H18N2O8S/c1-2-30-16-5-3-4-14(19(16)31-12-18(24)25)10-17-20(26)22(21(27)32-17)11-13-6-8-15(9-7-13)23(28)29/h3-10H,2,11-12H2,1H3,(H,24,25)/b17-10-. The van der Waals surface area contributed by atoms with E-state index in [2.05, 4.69) is 0 Å². The van der Waals surface area contributed by atoms with E-state index in [1.165, 1.54) is 30.3 Å². The Balaban J connectivity index is 1.85. The molecule has 11 heteroatoms. The molecular weight excluding hydrogens is 440 g/mol. The van der Waals surface area contributed by atoms with E-state index in [1.54, 1.807) is 25.1 Å². The van der Waals surface area contributed by atoms with E-state index in [0.717, 1.165) is 16.7 Å². The molecule has 2 aromatic rings. The van der Waals surface area contributed by atoms with Gasteiger partial charge in [-0.2, -0.15) is 0 Å². The fourth-order valence-electron chi connectivity index (χ4n) is 2.89. The molecule has 0 aliphatic carbocycles. The average molecular weight is 458 g/mol. The van der Waals surface area contributed by atoms with E-state index in [9.17, 15) is 24.5 Å². The van der Waals surface area contributed by atoms with Crippen LogP contribution in [0.15, 0.2) is 47.4 Å². The topological polar surface area (TPSA) is 136 Å². The van der Waals surface area contributed by atoms with Crippen LogP contribution in [0.4, 0.5) is 10.5 Å². The summed E-state index contributed by atoms with van der Waals surface area (Å²) in [4.78, 5) is 47.6. The lowest BCUT2D eigenvalue weighted by molar-refractivity contribution is -0.384. The van der Waals surface area contributed by atoms with Crippen molar-refractivity contribution < 1.29 is 33.9 Å². The third kappa shape index (κ3) is 5.24. The second-order valence-corrected chi connectivity index (χ2v) is 7.47. The highest BCUT2D eigenvalue weighted by Gasteiger charge is 2.35. The lowest BCUT2D eigenvalue weighted by atomic mass is 10.1. The van der Waals surface area contributed by atoms with Crippen LogP contribution in [0.1, 0.15) is 18.1 Å². The number of imide groups is 1. The molecule has 1 N–H and O–H groups in total. The molecule has 166 valence electrons. The smallest absolute Gasteiger partial charge is 0.341 e. The zero-order chi connectivity index (χ0) is 23.3. The molecule has 0 aromatic heterocycles. The van der Waals surface area contributed by atoms with Crippen molar-refractivity contribution >= 4 is 40.6 Å². The van der Waals surface area contributed by atoms with E-state index in [0.29, 0.717) is 23.5 Å². The first-order valence-corrected chi connectivity index (χ1v) is 10.2. The number of carbonyl (C=O) groups is 3. The Hall–Kier alpha value is -3.86. The van der Waals surface area contributed by atoms with Crippen molar-refractivity contribution in [3.8, 4) is 11.5 Å². The number of nitro groups is 1. The van der Waals surface area contributed by atoms with E-state index in [-0.39, 0.29) is 22.9 Å². The van der Waals surface area contributed by atoms with Gasteiger partial charge in [-0.3, -0.25) is 24.6 Å². The zero-order valence-corrected chi connectivity index (χ0v) is 17.7. The van der Waals surface area contributed by atoms with Gasteiger partial charge in [0, 0.05) is 17.7 Å². The van der Waals surface area contributed by atoms with Crippen LogP contribution in [0.25, 0.3) is 6.08 Å². The normalized spacial score (nSPS) is 14.7. The maximum absolute atomic E-state index is 12.8. The predicted molar refractivity (Wildman–Crippen MR) is 115 cm³/mol. The minimum absolute atomic E-state index is 0.0403. The highest BCUT2D eigenvalue weighted by Crippen LogP contribution is 2.38. The number of carbonyl (C=O) groups excluding carboxylic acids is 2. The number of para-hydroxylation sites is 1. The molecule has 3 rings (SSSR count). The lowest BCUT2D eigenvalue weighted by Gasteiger charge is -2.14. The van der Waals surface area contributed by atoms with Gasteiger partial charge in [0.15, 0.2) is 18.1 Å². The van der Waals surface area contributed by atoms with Crippen LogP contribution in [0.3, 0.4) is 0 Å². The number of carboxylic acid groups (broad SMARTS) is 1. The number of benzene rings is 2. The highest BCUT2D eigenvalue weighted by atomic mass is 32.2. The number of aliphatic carboxylic acids is 1. The van der Waals surface area contributed by atoms with Gasteiger partial charge in [0.2, 0.25) is 0 Å². The molecule has 1 saturated heterocycles. The number of amides is 2. The minimum Gasteiger partial charge on any atom is -0.490 e. The van der Waals surface area contributed by atoms with Crippen LogP contribution in [0.5, 0.6) is 11.5 Å². The first-order valence-electron chi connectivity index (χ1n) is 9.39. The van der Waals surface area contributed by atoms with Gasteiger partial charge in [-0.25, -0.2) is 4.79 Å². The van der Waals surface area contributed by atoms with E-state index < -0.39 is 28.6 Å². The van der Waals surface area contributed by atoms with E-state index in [4.69, 9.17) is 14.6 Å². The van der Waals surface area contributed by atoms with Crippen molar-refractivity contribution in [1.29, 1.82) is 0 Å². The number of non-ortho nitro benzene ring substituents is 1. The third-order valence-electron chi connectivity index (χ3n) is 4.30. The Morgan fingerprint density at radius 3 is 2.53 bits per heavy atom. The van der Waals surface area contributed by atoms with E-state index in [1.807, 2.05) is 0 Å². The largest absolute Gasteiger partial charge is 0.490 e. The Morgan fingerprint density at radius 1 is 1.19 bits per heavy atom. The van der Waals surface area contributed by atoms with E-state index >= 15 is 0 Å². The molecule has 0 bridgehead atoms. The molecule has 0 radical (unpaired) electrons. The van der Waals surface area contributed by atoms with Gasteiger partial charge in [-0.15, -0.1) is 0 Å². The summed E-state index contributed by atoms with van der Waals surface area (Å²) in [6.45, 7) is 1.43. The molecular formula is C21H18N2O8S. The summed E-state index contributed by atoms with van der Waals surface area (Å²) in [5, 5.41) is 19.2. The molecule has 1 heterocycles. The SMILES string of the molecule is CCOc1cccc(/C=C2\SC(=O)N(Cc3ccc([N+](=O)[O-])cc3)C2=O)c1OCC(=O)O. The van der Waals surface area contributed by atoms with Gasteiger partial charge in [-0.1, -0.05) is 24.3 Å². The molecule has 0 unspecified atom stereocenters. The maximum atomic E-state index is 12.8. The highest BCUT2D eigenvalue weighted by molar-refractivity contribution is 8.18. The Morgan fingerprint density at radius 2 is 1.91 bits per heavy atom. The van der Waals surface area contributed by atoms with Crippen LogP contribution >= 0.6 is 11.8 Å². The predicted octanol–water partition coefficient (Wildman–Crippen LogP) is 3.69. The number of thioether (sulfide) groups is 1. The summed E-state index contributed by atoms with van der Waals surface area (Å²) < 4.78 is 10.8. The number of ether oxygens (including phenoxy) is 2. The van der Waals surface area contributed by atoms with Gasteiger partial charge in [-0.05, 0) is 36.4 Å². The van der Waals surface area contributed by atoms with Crippen LogP contribution in [-0.4, -0.2) is 45.3 Å². The molecule has 1 aliphatic rings. The van der Waals surface area contributed by atoms with Crippen LogP contribution in [0.2, 0.25) is 0 Å². The van der Waals surface area contributed by atoms with Crippen molar-refractivity contribution in [2.45, 2.75) is 13.5 Å². The second-order valence-electron chi connectivity index (χ2n) is 6.48. The van der Waals surface area contributed by atoms with Gasteiger partial charge in [0.25, 0.3) is 16.8 Å². The second kappa shape index (κ2) is 9.96. The molecule has 0 spiro atoms. The summed E-state index contributed by atoms with van der Waals surface area (Å²) >= 11 is 0.734. The molecule has 10 nitrogen and oxygen atoms in total. The van der Waals surface area contributed by atoms with Crippen molar-refractivity contribution in [1.82, 2.24) is 4.90 Å². The number of hydrogen-bond donors (Lipinski definition) is 1. The van der Waals surface area contributed by atoms with Crippen molar-refractivity contribution in [2.75, 3.05) is 13.2 Å². The Labute approximate surface area is 186 Å². The Kier molecular flexibility index (Phi) is 7.11. The Bertz CT molecular complexity index is 1100. The summed E-state index contributed by atoms with van der Waals surface area (Å²) in [7, 11) is 0. The van der Waals surface area contributed by atoms with Gasteiger partial charge >= 0.3 is 5.97 Å². The van der Waals surface area contributed by atoms with Gasteiger partial charge in [0.05, 0.1) is 23.0 Å². The molecule has 2 aromatic carbocycles. The fraction of sp³-hybridized carbons (Fsp3) is 0.190. The van der Waals surface area contributed by atoms with Crippen LogP contribution < -0.4 is 9.47 Å². The summed E-state index contributed by atoms with van der Waals surface area (Å²) in [5.74, 6) is -1.25. The number of nitro benzene ring substituents is 1. The summed E-state index contributed by atoms with van der Waals surface area (Å²) in [5.41, 5.74) is 0.854. The van der Waals surface area contributed by atoms with Crippen molar-refractivity contribution in [2.24, 2.45) is 0 Å². The third-order valence-corrected chi connectivity index (χ3v) is 5.20. The molecule has 0 atom stereocenters. The number of nitrogens with zero attached hydrogens (tertiary/aromatic N) is 2. The minimum atomic E-state index is -1.18. The van der Waals surface area contributed by atoms with Crippen LogP contribution in [0, 0.1) is 10.1 Å². The molecule has 0 saturated carbocycles. The zero-order valence-electron chi connectivity index (χ0n) is 16.8. The molecule has 1 aliphatic heterocycles. The monoisotopic (exact) mass is 458 g/mol. The first-order chi connectivity index (χ1) is 15.3. The number of hydrogen-bond acceptors (Lipinski definition) is 8. The van der Waals surface area contributed by atoms with Gasteiger partial charge in [0.1, 0.15) is 0 Å². The molecule has 1 fully saturated rings. The van der Waals surface area contributed by atoms with Gasteiger partial charge < -0.3 is 14.6 Å². The average Bonchev–Trinajstić information content (AvgIpc) is 3.01. The number of carboxylic acids is 1. The van der Waals surface area contributed by atoms with Crippen molar-refractivity contribution in [3.05, 3.63) is 68.6 Å². The lowest BCUT2D eigenvalue weighted by Crippen LogP contribution is -2.27. The van der Waals surface area contributed by atoms with Crippen LogP contribution in [-0.2, 0) is 16.1 Å². The maximum Gasteiger partial charge on any atom is 0.341 e. The fourth-order valence-corrected chi connectivity index (χ4v) is 3.72. The summed E-state index contributed by atoms with van der Waals surface area (Å²) in [6.07, 6.45) is 1.44. The molecule has 2 amide bonds.